The SMILES string of the molecule is CCc1nn(C)c(CC(CC)(CC)CNC2CC2)c1Cl. The van der Waals surface area contributed by atoms with Crippen LogP contribution in [-0.4, -0.2) is 22.4 Å². The average Bonchev–Trinajstić information content (AvgIpc) is 3.25. The molecule has 0 aliphatic heterocycles. The van der Waals surface area contributed by atoms with Gasteiger partial charge in [0.1, 0.15) is 0 Å². The van der Waals surface area contributed by atoms with E-state index in [-0.39, 0.29) is 0 Å². The van der Waals surface area contributed by atoms with Crippen molar-refractivity contribution >= 4 is 11.6 Å². The second kappa shape index (κ2) is 6.48. The van der Waals surface area contributed by atoms with Gasteiger partial charge in [0.05, 0.1) is 16.4 Å². The summed E-state index contributed by atoms with van der Waals surface area (Å²) in [4.78, 5) is 0. The van der Waals surface area contributed by atoms with Crippen LogP contribution >= 0.6 is 11.6 Å². The van der Waals surface area contributed by atoms with Crippen molar-refractivity contribution in [1.29, 1.82) is 0 Å². The van der Waals surface area contributed by atoms with Crippen molar-refractivity contribution in [2.75, 3.05) is 6.54 Å². The van der Waals surface area contributed by atoms with E-state index in [4.69, 9.17) is 11.6 Å². The molecule has 1 saturated carbocycles. The van der Waals surface area contributed by atoms with E-state index in [1.807, 2.05) is 11.7 Å². The predicted octanol–water partition coefficient (Wildman–Crippen LogP) is 3.74. The number of aryl methyl sites for hydroxylation is 2. The molecule has 3 nitrogen and oxygen atoms in total. The highest BCUT2D eigenvalue weighted by Crippen LogP contribution is 2.35. The largest absolute Gasteiger partial charge is 0.313 e. The van der Waals surface area contributed by atoms with Crippen molar-refractivity contribution in [1.82, 2.24) is 15.1 Å². The Balaban J connectivity index is 2.15. The summed E-state index contributed by atoms with van der Waals surface area (Å²) in [5.74, 6) is 0. The molecule has 0 aromatic carbocycles. The predicted molar refractivity (Wildman–Crippen MR) is 85.3 cm³/mol. The maximum absolute atomic E-state index is 6.52. The molecule has 114 valence electrons. The van der Waals surface area contributed by atoms with Crippen LogP contribution in [0.2, 0.25) is 5.02 Å². The molecule has 4 heteroatoms. The Hall–Kier alpha value is -0.540. The zero-order valence-corrected chi connectivity index (χ0v) is 14.1. The van der Waals surface area contributed by atoms with E-state index < -0.39 is 0 Å². The van der Waals surface area contributed by atoms with Crippen molar-refractivity contribution in [2.45, 2.75) is 65.3 Å². The van der Waals surface area contributed by atoms with Crippen LogP contribution in [0.3, 0.4) is 0 Å². The van der Waals surface area contributed by atoms with E-state index in [2.05, 4.69) is 31.2 Å². The molecule has 1 heterocycles. The lowest BCUT2D eigenvalue weighted by Gasteiger charge is -2.32. The number of nitrogens with zero attached hydrogens (tertiary/aromatic N) is 2. The van der Waals surface area contributed by atoms with Crippen LogP contribution in [0.25, 0.3) is 0 Å². The zero-order valence-electron chi connectivity index (χ0n) is 13.3. The summed E-state index contributed by atoms with van der Waals surface area (Å²) >= 11 is 6.52. The lowest BCUT2D eigenvalue weighted by molar-refractivity contribution is 0.240. The Morgan fingerprint density at radius 3 is 2.40 bits per heavy atom. The summed E-state index contributed by atoms with van der Waals surface area (Å²) < 4.78 is 1.98. The van der Waals surface area contributed by atoms with Gasteiger partial charge in [0.15, 0.2) is 0 Å². The van der Waals surface area contributed by atoms with Crippen molar-refractivity contribution in [2.24, 2.45) is 12.5 Å². The molecule has 1 aromatic heterocycles. The zero-order chi connectivity index (χ0) is 14.8. The number of halogens is 1. The summed E-state index contributed by atoms with van der Waals surface area (Å²) in [5, 5.41) is 9.14. The highest BCUT2D eigenvalue weighted by Gasteiger charge is 2.32. The van der Waals surface area contributed by atoms with Crippen LogP contribution in [-0.2, 0) is 19.9 Å². The third kappa shape index (κ3) is 3.37. The minimum absolute atomic E-state index is 0.297. The van der Waals surface area contributed by atoms with Gasteiger partial charge in [-0.15, -0.1) is 0 Å². The lowest BCUT2D eigenvalue weighted by Crippen LogP contribution is -2.37. The van der Waals surface area contributed by atoms with Gasteiger partial charge in [0, 0.05) is 19.6 Å². The van der Waals surface area contributed by atoms with Gasteiger partial charge in [-0.05, 0) is 43.9 Å². The lowest BCUT2D eigenvalue weighted by atomic mass is 9.78. The van der Waals surface area contributed by atoms with Crippen molar-refractivity contribution < 1.29 is 0 Å². The third-order valence-electron chi connectivity index (χ3n) is 4.89. The van der Waals surface area contributed by atoms with Crippen LogP contribution in [0.15, 0.2) is 0 Å². The molecule has 1 fully saturated rings. The van der Waals surface area contributed by atoms with Crippen LogP contribution in [0.4, 0.5) is 0 Å². The summed E-state index contributed by atoms with van der Waals surface area (Å²) in [7, 11) is 2.02. The Morgan fingerprint density at radius 2 is 1.95 bits per heavy atom. The van der Waals surface area contributed by atoms with E-state index >= 15 is 0 Å². The summed E-state index contributed by atoms with van der Waals surface area (Å²) in [6.07, 6.45) is 6.95. The van der Waals surface area contributed by atoms with Crippen LogP contribution < -0.4 is 5.32 Å². The van der Waals surface area contributed by atoms with E-state index in [1.54, 1.807) is 0 Å². The Bertz CT molecular complexity index is 445. The molecule has 0 spiro atoms. The molecular formula is C16H28ClN3. The van der Waals surface area contributed by atoms with E-state index in [9.17, 15) is 0 Å². The normalized spacial score (nSPS) is 15.8. The molecule has 0 bridgehead atoms. The average molecular weight is 298 g/mol. The van der Waals surface area contributed by atoms with E-state index in [1.165, 1.54) is 31.4 Å². The van der Waals surface area contributed by atoms with Crippen molar-refractivity contribution in [3.63, 3.8) is 0 Å². The third-order valence-corrected chi connectivity index (χ3v) is 5.32. The molecule has 0 amide bonds. The Morgan fingerprint density at radius 1 is 1.30 bits per heavy atom. The van der Waals surface area contributed by atoms with Crippen LogP contribution in [0.1, 0.15) is 57.8 Å². The smallest absolute Gasteiger partial charge is 0.0849 e. The number of hydrogen-bond donors (Lipinski definition) is 1. The maximum atomic E-state index is 6.52. The monoisotopic (exact) mass is 297 g/mol. The van der Waals surface area contributed by atoms with Gasteiger partial charge in [-0.25, -0.2) is 0 Å². The first-order chi connectivity index (χ1) is 9.55. The molecule has 0 unspecified atom stereocenters. The van der Waals surface area contributed by atoms with Gasteiger partial charge < -0.3 is 5.32 Å². The topological polar surface area (TPSA) is 29.9 Å². The van der Waals surface area contributed by atoms with E-state index in [0.717, 1.165) is 36.1 Å². The highest BCUT2D eigenvalue weighted by atomic mass is 35.5. The Kier molecular flexibility index (Phi) is 5.14. The first-order valence-corrected chi connectivity index (χ1v) is 8.36. The van der Waals surface area contributed by atoms with Crippen molar-refractivity contribution in [3.05, 3.63) is 16.4 Å². The molecule has 1 aromatic rings. The number of rotatable bonds is 8. The maximum Gasteiger partial charge on any atom is 0.0849 e. The van der Waals surface area contributed by atoms with Gasteiger partial charge in [0.2, 0.25) is 0 Å². The fraction of sp³-hybridized carbons (Fsp3) is 0.812. The minimum Gasteiger partial charge on any atom is -0.313 e. The first-order valence-electron chi connectivity index (χ1n) is 7.98. The second-order valence-corrected chi connectivity index (χ2v) is 6.60. The summed E-state index contributed by atoms with van der Waals surface area (Å²) in [6, 6.07) is 0.765. The summed E-state index contributed by atoms with van der Waals surface area (Å²) in [5.41, 5.74) is 2.52. The molecule has 2 rings (SSSR count). The fourth-order valence-corrected chi connectivity index (χ4v) is 3.19. The van der Waals surface area contributed by atoms with Gasteiger partial charge >= 0.3 is 0 Å². The molecule has 0 saturated heterocycles. The van der Waals surface area contributed by atoms with Crippen molar-refractivity contribution in [3.8, 4) is 0 Å². The minimum atomic E-state index is 0.297. The number of nitrogens with one attached hydrogen (secondary N) is 1. The van der Waals surface area contributed by atoms with Gasteiger partial charge in [-0.3, -0.25) is 4.68 Å². The molecule has 1 N–H and O–H groups in total. The second-order valence-electron chi connectivity index (χ2n) is 6.22. The molecule has 0 atom stereocenters. The molecular weight excluding hydrogens is 270 g/mol. The van der Waals surface area contributed by atoms with E-state index in [0.29, 0.717) is 5.41 Å². The molecule has 1 aliphatic rings. The van der Waals surface area contributed by atoms with Gasteiger partial charge in [-0.1, -0.05) is 32.4 Å². The van der Waals surface area contributed by atoms with Gasteiger partial charge in [-0.2, -0.15) is 5.10 Å². The van der Waals surface area contributed by atoms with Gasteiger partial charge in [0.25, 0.3) is 0 Å². The number of aromatic nitrogens is 2. The summed E-state index contributed by atoms with van der Waals surface area (Å²) in [6.45, 7) is 7.79. The fourth-order valence-electron chi connectivity index (χ4n) is 2.83. The number of hydrogen-bond acceptors (Lipinski definition) is 2. The van der Waals surface area contributed by atoms with Crippen LogP contribution in [0.5, 0.6) is 0 Å². The first kappa shape index (κ1) is 15.8. The molecule has 0 radical (unpaired) electrons. The molecule has 20 heavy (non-hydrogen) atoms. The Labute approximate surface area is 128 Å². The quantitative estimate of drug-likeness (QED) is 0.792. The molecule has 1 aliphatic carbocycles. The van der Waals surface area contributed by atoms with Crippen LogP contribution in [0, 0.1) is 5.41 Å². The highest BCUT2D eigenvalue weighted by molar-refractivity contribution is 6.31. The standard InChI is InChI=1S/C16H28ClN3/c1-5-13-15(17)14(20(4)19-13)10-16(6-2,7-3)11-18-12-8-9-12/h12,18H,5-11H2,1-4H3.